The zero-order valence-corrected chi connectivity index (χ0v) is 15.3. The van der Waals surface area contributed by atoms with Crippen molar-refractivity contribution in [3.63, 3.8) is 0 Å². The number of thiophene rings is 1. The fourth-order valence-corrected chi connectivity index (χ4v) is 6.52. The van der Waals surface area contributed by atoms with Crippen LogP contribution < -0.4 is 5.32 Å². The van der Waals surface area contributed by atoms with E-state index in [-0.39, 0.29) is 24.4 Å². The first-order chi connectivity index (χ1) is 12.4. The average Bonchev–Trinajstić information content (AvgIpc) is 2.97. The number of nitrogens with zero attached hydrogens (tertiary/aromatic N) is 1. The number of carbonyl (C=O) groups is 2. The number of esters is 1. The zero-order valence-electron chi connectivity index (χ0n) is 14.5. The Balaban J connectivity index is 1.31. The third-order valence-electron chi connectivity index (χ3n) is 6.07. The Morgan fingerprint density at radius 1 is 1.35 bits per heavy atom. The molecule has 0 aliphatic heterocycles. The minimum Gasteiger partial charge on any atom is -0.456 e. The lowest BCUT2D eigenvalue weighted by Crippen LogP contribution is -2.56. The number of hydrogen-bond donors (Lipinski definition) is 2. The molecule has 4 aliphatic rings. The summed E-state index contributed by atoms with van der Waals surface area (Å²) < 4.78 is 5.19. The first-order valence-corrected chi connectivity index (χ1v) is 9.92. The van der Waals surface area contributed by atoms with E-state index >= 15 is 0 Å². The Hall–Kier alpha value is -1.91. The second-order valence-corrected chi connectivity index (χ2v) is 9.26. The van der Waals surface area contributed by atoms with Gasteiger partial charge in [0.2, 0.25) is 0 Å². The molecule has 6 nitrogen and oxygen atoms in total. The minimum atomic E-state index is -0.603. The Kier molecular flexibility index (Phi) is 4.28. The summed E-state index contributed by atoms with van der Waals surface area (Å²) in [5, 5.41) is 24.5. The second-order valence-electron chi connectivity index (χ2n) is 8.35. The van der Waals surface area contributed by atoms with Crippen LogP contribution >= 0.6 is 11.3 Å². The number of carbonyl (C=O) groups excluding carboxylic acids is 2. The van der Waals surface area contributed by atoms with Gasteiger partial charge >= 0.3 is 5.97 Å². The van der Waals surface area contributed by atoms with Crippen molar-refractivity contribution in [1.82, 2.24) is 0 Å². The van der Waals surface area contributed by atoms with Crippen LogP contribution in [0.1, 0.15) is 50.5 Å². The average molecular weight is 374 g/mol. The molecule has 138 valence electrons. The van der Waals surface area contributed by atoms with Gasteiger partial charge in [-0.15, -0.1) is 11.3 Å². The summed E-state index contributed by atoms with van der Waals surface area (Å²) in [6, 6.07) is 3.63. The number of ether oxygens (including phenoxy) is 1. The second kappa shape index (κ2) is 6.36. The van der Waals surface area contributed by atoms with Crippen molar-refractivity contribution in [2.75, 3.05) is 11.9 Å². The van der Waals surface area contributed by atoms with Gasteiger partial charge < -0.3 is 15.2 Å². The van der Waals surface area contributed by atoms with Crippen LogP contribution in [0.5, 0.6) is 0 Å². The highest BCUT2D eigenvalue weighted by Crippen LogP contribution is 2.62. The molecule has 2 unspecified atom stereocenters. The van der Waals surface area contributed by atoms with Crippen molar-refractivity contribution >= 4 is 28.2 Å². The van der Waals surface area contributed by atoms with Crippen molar-refractivity contribution in [1.29, 1.82) is 5.26 Å². The van der Waals surface area contributed by atoms with Crippen LogP contribution in [0, 0.1) is 28.6 Å². The fourth-order valence-electron chi connectivity index (χ4n) is 5.77. The van der Waals surface area contributed by atoms with Gasteiger partial charge in [-0.1, -0.05) is 0 Å². The Morgan fingerprint density at radius 3 is 2.73 bits per heavy atom. The summed E-state index contributed by atoms with van der Waals surface area (Å²) >= 11 is 1.26. The molecule has 5 rings (SSSR count). The van der Waals surface area contributed by atoms with Crippen molar-refractivity contribution in [2.45, 2.75) is 50.5 Å². The molecule has 7 heteroatoms. The van der Waals surface area contributed by atoms with Gasteiger partial charge in [0, 0.05) is 0 Å². The number of rotatable bonds is 5. The van der Waals surface area contributed by atoms with E-state index in [0.717, 1.165) is 25.7 Å². The molecule has 1 amide bonds. The quantitative estimate of drug-likeness (QED) is 0.772. The van der Waals surface area contributed by atoms with Crippen molar-refractivity contribution in [3.05, 3.63) is 17.0 Å². The van der Waals surface area contributed by atoms with Gasteiger partial charge in [0.15, 0.2) is 6.61 Å². The van der Waals surface area contributed by atoms with Gasteiger partial charge in [0.25, 0.3) is 5.91 Å². The smallest absolute Gasteiger partial charge is 0.306 e. The van der Waals surface area contributed by atoms with Crippen LogP contribution in [0.4, 0.5) is 5.00 Å². The van der Waals surface area contributed by atoms with E-state index in [2.05, 4.69) is 5.32 Å². The number of nitrogens with one attached hydrogen (secondary N) is 1. The third-order valence-corrected chi connectivity index (χ3v) is 6.90. The number of amides is 1. The molecule has 0 radical (unpaired) electrons. The van der Waals surface area contributed by atoms with E-state index in [4.69, 9.17) is 10.00 Å². The Morgan fingerprint density at radius 2 is 2.08 bits per heavy atom. The largest absolute Gasteiger partial charge is 0.456 e. The molecule has 4 saturated carbocycles. The maximum absolute atomic E-state index is 12.3. The number of hydrogen-bond acceptors (Lipinski definition) is 6. The third kappa shape index (κ3) is 3.36. The summed E-state index contributed by atoms with van der Waals surface area (Å²) in [6.45, 7) is -0.352. The Labute approximate surface area is 156 Å². The highest BCUT2D eigenvalue weighted by Gasteiger charge is 2.57. The normalized spacial score (nSPS) is 34.3. The maximum Gasteiger partial charge on any atom is 0.306 e. The van der Waals surface area contributed by atoms with Gasteiger partial charge in [0.05, 0.1) is 17.6 Å². The van der Waals surface area contributed by atoms with E-state index in [1.54, 1.807) is 11.4 Å². The van der Waals surface area contributed by atoms with Crippen LogP contribution in [0.25, 0.3) is 0 Å². The topological polar surface area (TPSA) is 99.4 Å². The van der Waals surface area contributed by atoms with Crippen molar-refractivity contribution in [3.8, 4) is 6.07 Å². The molecule has 2 N–H and O–H groups in total. The molecule has 4 fully saturated rings. The fraction of sp³-hybridized carbons (Fsp3) is 0.632. The molecule has 26 heavy (non-hydrogen) atoms. The summed E-state index contributed by atoms with van der Waals surface area (Å²) in [7, 11) is 0. The summed E-state index contributed by atoms with van der Waals surface area (Å²) in [5.41, 5.74) is -0.362. The number of anilines is 1. The number of nitriles is 1. The van der Waals surface area contributed by atoms with E-state index < -0.39 is 11.5 Å². The molecule has 0 saturated heterocycles. The van der Waals surface area contributed by atoms with E-state index in [0.29, 0.717) is 28.8 Å². The first-order valence-electron chi connectivity index (χ1n) is 9.04. The van der Waals surface area contributed by atoms with E-state index in [1.807, 2.05) is 6.07 Å². The van der Waals surface area contributed by atoms with Gasteiger partial charge in [0.1, 0.15) is 11.1 Å². The highest BCUT2D eigenvalue weighted by molar-refractivity contribution is 7.14. The van der Waals surface area contributed by atoms with Gasteiger partial charge in [-0.2, -0.15) is 5.26 Å². The molecule has 4 aliphatic carbocycles. The SMILES string of the molecule is N#Cc1ccsc1NC(=O)COC(=O)CC12C[C@@H]3C[C@@H](CC(O)(C3)C1)C2. The van der Waals surface area contributed by atoms with Gasteiger partial charge in [-0.25, -0.2) is 0 Å². The first kappa shape index (κ1) is 17.5. The summed E-state index contributed by atoms with van der Waals surface area (Å²) in [5.74, 6) is 0.208. The van der Waals surface area contributed by atoms with E-state index in [1.165, 1.54) is 17.8 Å². The van der Waals surface area contributed by atoms with Gasteiger partial charge in [-0.05, 0) is 67.2 Å². The molecule has 4 bridgehead atoms. The minimum absolute atomic E-state index is 0.159. The van der Waals surface area contributed by atoms with Crippen molar-refractivity contribution in [2.24, 2.45) is 17.3 Å². The van der Waals surface area contributed by atoms with Crippen molar-refractivity contribution < 1.29 is 19.4 Å². The van der Waals surface area contributed by atoms with Crippen LogP contribution in [0.15, 0.2) is 11.4 Å². The maximum atomic E-state index is 12.3. The lowest BCUT2D eigenvalue weighted by molar-refractivity contribution is -0.177. The summed E-state index contributed by atoms with van der Waals surface area (Å²) in [6.07, 6.45) is 5.81. The predicted molar refractivity (Wildman–Crippen MR) is 95.3 cm³/mol. The van der Waals surface area contributed by atoms with Crippen LogP contribution in [0.2, 0.25) is 0 Å². The van der Waals surface area contributed by atoms with Gasteiger partial charge in [-0.3, -0.25) is 9.59 Å². The molecule has 0 aromatic carbocycles. The lowest BCUT2D eigenvalue weighted by atomic mass is 9.47. The van der Waals surface area contributed by atoms with Crippen LogP contribution in [-0.4, -0.2) is 29.2 Å². The number of aliphatic hydroxyl groups is 1. The summed E-state index contributed by atoms with van der Waals surface area (Å²) in [4.78, 5) is 24.3. The Bertz CT molecular complexity index is 767. The highest BCUT2D eigenvalue weighted by atomic mass is 32.1. The van der Waals surface area contributed by atoms with E-state index in [9.17, 15) is 14.7 Å². The molecule has 1 heterocycles. The molecule has 1 aromatic rings. The van der Waals surface area contributed by atoms with Crippen LogP contribution in [-0.2, 0) is 14.3 Å². The lowest BCUT2D eigenvalue weighted by Gasteiger charge is -2.60. The molecule has 1 aromatic heterocycles. The standard InChI is InChI=1S/C19H22N2O4S/c20-9-14-1-2-26-17(14)21-15(22)10-25-16(23)8-18-4-12-3-13(5-18)7-19(24,6-12)11-18/h1-2,12-13,24H,3-8,10-11H2,(H,21,22)/t12-,13+,18?,19?. The molecular formula is C19H22N2O4S. The van der Waals surface area contributed by atoms with Crippen LogP contribution in [0.3, 0.4) is 0 Å². The monoisotopic (exact) mass is 374 g/mol. The molecular weight excluding hydrogens is 352 g/mol. The molecule has 0 spiro atoms. The predicted octanol–water partition coefficient (Wildman–Crippen LogP) is 2.82. The zero-order chi connectivity index (χ0) is 18.4. The molecule has 4 atom stereocenters.